The fourth-order valence-electron chi connectivity index (χ4n) is 3.44. The summed E-state index contributed by atoms with van der Waals surface area (Å²) in [6, 6.07) is 4.43. The number of imide groups is 1. The SMILES string of the molecule is C[C@@H]1CCCC[C@H]1OCCOC(=O)c1ccc2c(c1)C(=O)N(C)C2=O. The quantitative estimate of drug-likeness (QED) is 0.466. The fourth-order valence-corrected chi connectivity index (χ4v) is 3.44. The van der Waals surface area contributed by atoms with Crippen LogP contribution >= 0.6 is 0 Å². The molecule has 1 aliphatic heterocycles. The lowest BCUT2D eigenvalue weighted by molar-refractivity contribution is -0.0271. The Labute approximate surface area is 147 Å². The summed E-state index contributed by atoms with van der Waals surface area (Å²) in [4.78, 5) is 37.0. The van der Waals surface area contributed by atoms with Crippen molar-refractivity contribution in [3.8, 4) is 0 Å². The van der Waals surface area contributed by atoms with Crippen molar-refractivity contribution < 1.29 is 23.9 Å². The van der Waals surface area contributed by atoms with Gasteiger partial charge >= 0.3 is 5.97 Å². The number of carbonyl (C=O) groups is 3. The van der Waals surface area contributed by atoms with E-state index in [0.717, 1.165) is 11.3 Å². The minimum absolute atomic E-state index is 0.173. The van der Waals surface area contributed by atoms with Crippen molar-refractivity contribution in [1.29, 1.82) is 0 Å². The van der Waals surface area contributed by atoms with Gasteiger partial charge in [0.15, 0.2) is 0 Å². The molecule has 0 saturated heterocycles. The zero-order valence-electron chi connectivity index (χ0n) is 14.6. The maximum absolute atomic E-state index is 12.1. The molecule has 6 nitrogen and oxygen atoms in total. The standard InChI is InChI=1S/C19H23NO5/c1-12-5-3-4-6-16(12)24-9-10-25-19(23)13-7-8-14-15(11-13)18(22)20(2)17(14)21/h7-8,11-12,16H,3-6,9-10H2,1-2H3/t12-,16-/m1/s1. The molecule has 2 aliphatic rings. The number of hydrogen-bond donors (Lipinski definition) is 0. The van der Waals surface area contributed by atoms with Gasteiger partial charge in [0.05, 0.1) is 29.4 Å². The van der Waals surface area contributed by atoms with Crippen molar-refractivity contribution in [2.75, 3.05) is 20.3 Å². The van der Waals surface area contributed by atoms with Crippen LogP contribution in [-0.2, 0) is 9.47 Å². The summed E-state index contributed by atoms with van der Waals surface area (Å²) in [6.45, 7) is 2.73. The lowest BCUT2D eigenvalue weighted by Gasteiger charge is -2.28. The minimum atomic E-state index is -0.516. The number of benzene rings is 1. The Morgan fingerprint density at radius 3 is 2.60 bits per heavy atom. The average Bonchev–Trinajstić information content (AvgIpc) is 2.84. The number of amides is 2. The van der Waals surface area contributed by atoms with Gasteiger partial charge in [-0.15, -0.1) is 0 Å². The first-order chi connectivity index (χ1) is 12.0. The van der Waals surface area contributed by atoms with Gasteiger partial charge in [0.25, 0.3) is 11.8 Å². The van der Waals surface area contributed by atoms with E-state index >= 15 is 0 Å². The number of ether oxygens (including phenoxy) is 2. The number of hydrogen-bond acceptors (Lipinski definition) is 5. The second-order valence-electron chi connectivity index (χ2n) is 6.74. The smallest absolute Gasteiger partial charge is 0.338 e. The van der Waals surface area contributed by atoms with Crippen LogP contribution in [0.2, 0.25) is 0 Å². The Balaban J connectivity index is 1.52. The predicted molar refractivity (Wildman–Crippen MR) is 90.5 cm³/mol. The number of esters is 1. The van der Waals surface area contributed by atoms with E-state index in [4.69, 9.17) is 9.47 Å². The molecule has 0 spiro atoms. The summed E-state index contributed by atoms with van der Waals surface area (Å²) in [7, 11) is 1.42. The second-order valence-corrected chi connectivity index (χ2v) is 6.74. The van der Waals surface area contributed by atoms with Gasteiger partial charge in [0, 0.05) is 7.05 Å². The van der Waals surface area contributed by atoms with E-state index in [1.807, 2.05) is 0 Å². The molecule has 0 bridgehead atoms. The summed E-state index contributed by atoms with van der Waals surface area (Å²) in [5.74, 6) is -0.723. The van der Waals surface area contributed by atoms with Crippen molar-refractivity contribution in [3.63, 3.8) is 0 Å². The van der Waals surface area contributed by atoms with Crippen LogP contribution in [0.25, 0.3) is 0 Å². The second kappa shape index (κ2) is 7.35. The van der Waals surface area contributed by atoms with Crippen LogP contribution in [0.1, 0.15) is 63.7 Å². The highest BCUT2D eigenvalue weighted by atomic mass is 16.6. The highest BCUT2D eigenvalue weighted by Gasteiger charge is 2.33. The normalized spacial score (nSPS) is 22.9. The Bertz CT molecular complexity index is 699. The molecule has 2 amide bonds. The molecule has 6 heteroatoms. The van der Waals surface area contributed by atoms with Crippen molar-refractivity contribution in [3.05, 3.63) is 34.9 Å². The molecule has 3 rings (SSSR count). The van der Waals surface area contributed by atoms with Gasteiger partial charge < -0.3 is 9.47 Å². The monoisotopic (exact) mass is 345 g/mol. The van der Waals surface area contributed by atoms with E-state index in [2.05, 4.69) is 6.92 Å². The zero-order valence-corrected chi connectivity index (χ0v) is 14.6. The first-order valence-electron chi connectivity index (χ1n) is 8.74. The fraction of sp³-hybridized carbons (Fsp3) is 0.526. The molecule has 0 aromatic heterocycles. The first-order valence-corrected chi connectivity index (χ1v) is 8.74. The van der Waals surface area contributed by atoms with Gasteiger partial charge in [-0.25, -0.2) is 4.79 Å². The van der Waals surface area contributed by atoms with Crippen LogP contribution in [0.5, 0.6) is 0 Å². The van der Waals surface area contributed by atoms with Crippen LogP contribution in [0.15, 0.2) is 18.2 Å². The average molecular weight is 345 g/mol. The molecule has 1 fully saturated rings. The Morgan fingerprint density at radius 2 is 1.84 bits per heavy atom. The topological polar surface area (TPSA) is 72.9 Å². The van der Waals surface area contributed by atoms with E-state index in [1.165, 1.54) is 44.5 Å². The third-order valence-electron chi connectivity index (χ3n) is 5.01. The molecule has 2 atom stereocenters. The predicted octanol–water partition coefficient (Wildman–Crippen LogP) is 2.66. The maximum atomic E-state index is 12.1. The van der Waals surface area contributed by atoms with Gasteiger partial charge in [0.2, 0.25) is 0 Å². The maximum Gasteiger partial charge on any atom is 0.338 e. The van der Waals surface area contributed by atoms with E-state index in [-0.39, 0.29) is 29.7 Å². The van der Waals surface area contributed by atoms with Crippen LogP contribution < -0.4 is 0 Å². The minimum Gasteiger partial charge on any atom is -0.460 e. The number of carbonyl (C=O) groups excluding carboxylic acids is 3. The Hall–Kier alpha value is -2.21. The molecule has 0 radical (unpaired) electrons. The number of nitrogens with zero attached hydrogens (tertiary/aromatic N) is 1. The third-order valence-corrected chi connectivity index (χ3v) is 5.01. The highest BCUT2D eigenvalue weighted by Crippen LogP contribution is 2.26. The molecule has 0 N–H and O–H groups in total. The lowest BCUT2D eigenvalue weighted by Crippen LogP contribution is -2.27. The Morgan fingerprint density at radius 1 is 1.12 bits per heavy atom. The first kappa shape index (κ1) is 17.6. The molecular weight excluding hydrogens is 322 g/mol. The number of rotatable bonds is 5. The van der Waals surface area contributed by atoms with Gasteiger partial charge in [-0.2, -0.15) is 0 Å². The zero-order chi connectivity index (χ0) is 18.0. The largest absolute Gasteiger partial charge is 0.460 e. The van der Waals surface area contributed by atoms with E-state index in [0.29, 0.717) is 18.1 Å². The van der Waals surface area contributed by atoms with Gasteiger partial charge in [-0.1, -0.05) is 19.8 Å². The summed E-state index contributed by atoms with van der Waals surface area (Å²) in [5, 5.41) is 0. The van der Waals surface area contributed by atoms with Crippen molar-refractivity contribution in [2.24, 2.45) is 5.92 Å². The molecule has 1 aromatic carbocycles. The van der Waals surface area contributed by atoms with Crippen LogP contribution in [0.3, 0.4) is 0 Å². The molecule has 25 heavy (non-hydrogen) atoms. The highest BCUT2D eigenvalue weighted by molar-refractivity contribution is 6.21. The van der Waals surface area contributed by atoms with E-state index < -0.39 is 11.9 Å². The lowest BCUT2D eigenvalue weighted by atomic mass is 9.88. The molecule has 0 unspecified atom stereocenters. The molecule has 1 aromatic rings. The molecule has 1 saturated carbocycles. The van der Waals surface area contributed by atoms with E-state index in [1.54, 1.807) is 0 Å². The van der Waals surface area contributed by atoms with Crippen LogP contribution in [0.4, 0.5) is 0 Å². The Kier molecular flexibility index (Phi) is 5.18. The van der Waals surface area contributed by atoms with Gasteiger partial charge in [-0.05, 0) is 37.0 Å². The summed E-state index contributed by atoms with van der Waals surface area (Å²) in [6.07, 6.45) is 4.92. The van der Waals surface area contributed by atoms with Crippen LogP contribution in [0, 0.1) is 5.92 Å². The molecule has 1 heterocycles. The van der Waals surface area contributed by atoms with Crippen LogP contribution in [-0.4, -0.2) is 49.0 Å². The summed E-state index contributed by atoms with van der Waals surface area (Å²) in [5.41, 5.74) is 0.828. The van der Waals surface area contributed by atoms with Crippen molar-refractivity contribution in [2.45, 2.75) is 38.7 Å². The van der Waals surface area contributed by atoms with Crippen molar-refractivity contribution in [1.82, 2.24) is 4.90 Å². The van der Waals surface area contributed by atoms with E-state index in [9.17, 15) is 14.4 Å². The summed E-state index contributed by atoms with van der Waals surface area (Å²) < 4.78 is 11.0. The molecule has 1 aliphatic carbocycles. The molecular formula is C19H23NO5. The van der Waals surface area contributed by atoms with Crippen molar-refractivity contribution >= 4 is 17.8 Å². The molecule has 134 valence electrons. The van der Waals surface area contributed by atoms with Gasteiger partial charge in [-0.3, -0.25) is 14.5 Å². The number of fused-ring (bicyclic) bond motifs is 1. The summed E-state index contributed by atoms with van der Waals surface area (Å²) >= 11 is 0. The van der Waals surface area contributed by atoms with Gasteiger partial charge in [0.1, 0.15) is 6.61 Å². The third kappa shape index (κ3) is 3.58.